The predicted octanol–water partition coefficient (Wildman–Crippen LogP) is 3.54. The molecule has 1 heterocycles. The molecule has 2 rings (SSSR count). The lowest BCUT2D eigenvalue weighted by Gasteiger charge is -2.19. The summed E-state index contributed by atoms with van der Waals surface area (Å²) in [5.41, 5.74) is 1.71. The molecule has 4 heteroatoms. The molecule has 21 heavy (non-hydrogen) atoms. The molecule has 114 valence electrons. The van der Waals surface area contributed by atoms with Crippen molar-refractivity contribution in [1.82, 2.24) is 14.9 Å². The van der Waals surface area contributed by atoms with E-state index in [0.29, 0.717) is 5.56 Å². The molecule has 0 saturated heterocycles. The van der Waals surface area contributed by atoms with Crippen LogP contribution in [0.2, 0.25) is 0 Å². The van der Waals surface area contributed by atoms with Crippen LogP contribution in [-0.4, -0.2) is 16.1 Å². The van der Waals surface area contributed by atoms with Gasteiger partial charge in [0.2, 0.25) is 0 Å². The molecule has 0 saturated carbocycles. The zero-order chi connectivity index (χ0) is 15.2. The van der Waals surface area contributed by atoms with Gasteiger partial charge in [-0.15, -0.1) is 0 Å². The standard InChI is InChI=1S/C17H24FN3/c1-4-9-19-16(7-8-17-20-10-11-21(17)3)14-6-5-13(2)15(18)12-14/h5-6,10-12,16,19H,4,7-9H2,1-3H3. The fourth-order valence-corrected chi connectivity index (χ4v) is 2.44. The van der Waals surface area contributed by atoms with E-state index in [1.54, 1.807) is 13.0 Å². The molecule has 2 aromatic rings. The molecule has 3 nitrogen and oxygen atoms in total. The summed E-state index contributed by atoms with van der Waals surface area (Å²) in [5.74, 6) is 0.929. The van der Waals surface area contributed by atoms with E-state index >= 15 is 0 Å². The SMILES string of the molecule is CCCNC(CCc1nccn1C)c1ccc(C)c(F)c1. The lowest BCUT2D eigenvalue weighted by molar-refractivity contribution is 0.487. The van der Waals surface area contributed by atoms with Crippen LogP contribution in [0.4, 0.5) is 4.39 Å². The van der Waals surface area contributed by atoms with Gasteiger partial charge in [-0.05, 0) is 43.5 Å². The van der Waals surface area contributed by atoms with Crippen LogP contribution in [0.3, 0.4) is 0 Å². The number of halogens is 1. The van der Waals surface area contributed by atoms with Gasteiger partial charge in [0.1, 0.15) is 11.6 Å². The van der Waals surface area contributed by atoms with E-state index in [1.807, 2.05) is 36.1 Å². The Morgan fingerprint density at radius 3 is 2.81 bits per heavy atom. The lowest BCUT2D eigenvalue weighted by Crippen LogP contribution is -2.23. The van der Waals surface area contributed by atoms with Crippen molar-refractivity contribution in [2.45, 2.75) is 39.2 Å². The molecule has 0 aliphatic rings. The van der Waals surface area contributed by atoms with Crippen LogP contribution in [0.5, 0.6) is 0 Å². The zero-order valence-electron chi connectivity index (χ0n) is 13.1. The van der Waals surface area contributed by atoms with Crippen molar-refractivity contribution in [3.63, 3.8) is 0 Å². The smallest absolute Gasteiger partial charge is 0.126 e. The third-order valence-electron chi connectivity index (χ3n) is 3.82. The molecule has 0 radical (unpaired) electrons. The Morgan fingerprint density at radius 1 is 1.38 bits per heavy atom. The van der Waals surface area contributed by atoms with Crippen LogP contribution in [0.1, 0.15) is 42.8 Å². The highest BCUT2D eigenvalue weighted by Crippen LogP contribution is 2.21. The minimum Gasteiger partial charge on any atom is -0.338 e. The van der Waals surface area contributed by atoms with Gasteiger partial charge < -0.3 is 9.88 Å². The predicted molar refractivity (Wildman–Crippen MR) is 83.7 cm³/mol. The average molecular weight is 289 g/mol. The van der Waals surface area contributed by atoms with Crippen LogP contribution in [0.25, 0.3) is 0 Å². The van der Waals surface area contributed by atoms with E-state index in [0.717, 1.165) is 37.2 Å². The number of hydrogen-bond donors (Lipinski definition) is 1. The van der Waals surface area contributed by atoms with Crippen molar-refractivity contribution in [3.05, 3.63) is 53.4 Å². The quantitative estimate of drug-likeness (QED) is 0.845. The van der Waals surface area contributed by atoms with Gasteiger partial charge in [0.15, 0.2) is 0 Å². The molecule has 0 bridgehead atoms. The Hall–Kier alpha value is -1.68. The number of aromatic nitrogens is 2. The molecule has 0 amide bonds. The third kappa shape index (κ3) is 4.14. The monoisotopic (exact) mass is 289 g/mol. The largest absolute Gasteiger partial charge is 0.338 e. The maximum Gasteiger partial charge on any atom is 0.126 e. The fourth-order valence-electron chi connectivity index (χ4n) is 2.44. The van der Waals surface area contributed by atoms with Crippen molar-refractivity contribution in [2.75, 3.05) is 6.54 Å². The normalized spacial score (nSPS) is 12.6. The Balaban J connectivity index is 2.09. The summed E-state index contributed by atoms with van der Waals surface area (Å²) in [4.78, 5) is 4.35. The molecule has 1 atom stereocenters. The van der Waals surface area contributed by atoms with E-state index in [2.05, 4.69) is 17.2 Å². The second-order valence-electron chi connectivity index (χ2n) is 5.51. The van der Waals surface area contributed by atoms with E-state index < -0.39 is 0 Å². The topological polar surface area (TPSA) is 29.9 Å². The van der Waals surface area contributed by atoms with Crippen LogP contribution >= 0.6 is 0 Å². The summed E-state index contributed by atoms with van der Waals surface area (Å²) in [5, 5.41) is 3.51. The number of benzene rings is 1. The molecule has 1 aromatic heterocycles. The number of nitrogens with zero attached hydrogens (tertiary/aromatic N) is 2. The van der Waals surface area contributed by atoms with Gasteiger partial charge in [-0.25, -0.2) is 9.37 Å². The molecular formula is C17H24FN3. The van der Waals surface area contributed by atoms with Crippen molar-refractivity contribution in [3.8, 4) is 0 Å². The lowest BCUT2D eigenvalue weighted by atomic mass is 10.00. The first-order valence-electron chi connectivity index (χ1n) is 7.57. The highest BCUT2D eigenvalue weighted by atomic mass is 19.1. The van der Waals surface area contributed by atoms with Gasteiger partial charge >= 0.3 is 0 Å². The minimum absolute atomic E-state index is 0.132. The summed E-state index contributed by atoms with van der Waals surface area (Å²) < 4.78 is 15.8. The van der Waals surface area contributed by atoms with Crippen LogP contribution in [-0.2, 0) is 13.5 Å². The van der Waals surface area contributed by atoms with Crippen LogP contribution in [0, 0.1) is 12.7 Å². The number of rotatable bonds is 7. The Bertz CT molecular complexity index is 577. The second kappa shape index (κ2) is 7.36. The fraction of sp³-hybridized carbons (Fsp3) is 0.471. The van der Waals surface area contributed by atoms with Gasteiger partial charge in [0, 0.05) is 31.9 Å². The number of imidazole rings is 1. The van der Waals surface area contributed by atoms with Crippen LogP contribution < -0.4 is 5.32 Å². The van der Waals surface area contributed by atoms with Gasteiger partial charge in [-0.3, -0.25) is 0 Å². The summed E-state index contributed by atoms with van der Waals surface area (Å²) in [7, 11) is 2.00. The van der Waals surface area contributed by atoms with Crippen molar-refractivity contribution < 1.29 is 4.39 Å². The summed E-state index contributed by atoms with van der Waals surface area (Å²) in [6.45, 7) is 4.86. The number of hydrogen-bond acceptors (Lipinski definition) is 2. The molecule has 0 spiro atoms. The van der Waals surface area contributed by atoms with Gasteiger partial charge in [-0.2, -0.15) is 0 Å². The van der Waals surface area contributed by atoms with Gasteiger partial charge in [0.05, 0.1) is 0 Å². The number of nitrogens with one attached hydrogen (secondary N) is 1. The van der Waals surface area contributed by atoms with Crippen molar-refractivity contribution in [2.24, 2.45) is 7.05 Å². The molecule has 1 unspecified atom stereocenters. The van der Waals surface area contributed by atoms with E-state index in [-0.39, 0.29) is 11.9 Å². The number of aryl methyl sites for hydroxylation is 3. The second-order valence-corrected chi connectivity index (χ2v) is 5.51. The van der Waals surface area contributed by atoms with E-state index in [9.17, 15) is 4.39 Å². The van der Waals surface area contributed by atoms with Gasteiger partial charge in [-0.1, -0.05) is 19.1 Å². The molecular weight excluding hydrogens is 265 g/mol. The Morgan fingerprint density at radius 2 is 2.19 bits per heavy atom. The van der Waals surface area contributed by atoms with Crippen molar-refractivity contribution in [1.29, 1.82) is 0 Å². The van der Waals surface area contributed by atoms with Crippen LogP contribution in [0.15, 0.2) is 30.6 Å². The first-order chi connectivity index (χ1) is 10.1. The van der Waals surface area contributed by atoms with E-state index in [1.165, 1.54) is 0 Å². The maximum absolute atomic E-state index is 13.8. The third-order valence-corrected chi connectivity index (χ3v) is 3.82. The highest BCUT2D eigenvalue weighted by molar-refractivity contribution is 5.26. The molecule has 0 fully saturated rings. The Labute approximate surface area is 126 Å². The zero-order valence-corrected chi connectivity index (χ0v) is 13.1. The summed E-state index contributed by atoms with van der Waals surface area (Å²) in [6.07, 6.45) is 6.62. The van der Waals surface area contributed by atoms with Gasteiger partial charge in [0.25, 0.3) is 0 Å². The molecule has 0 aliphatic heterocycles. The molecule has 1 N–H and O–H groups in total. The van der Waals surface area contributed by atoms with E-state index in [4.69, 9.17) is 0 Å². The Kier molecular flexibility index (Phi) is 5.51. The maximum atomic E-state index is 13.8. The summed E-state index contributed by atoms with van der Waals surface area (Å²) in [6, 6.07) is 5.69. The molecule has 0 aliphatic carbocycles. The van der Waals surface area contributed by atoms with Crippen molar-refractivity contribution >= 4 is 0 Å². The molecule has 1 aromatic carbocycles. The minimum atomic E-state index is -0.132. The average Bonchev–Trinajstić information content (AvgIpc) is 2.88. The first kappa shape index (κ1) is 15.7. The first-order valence-corrected chi connectivity index (χ1v) is 7.57. The summed E-state index contributed by atoms with van der Waals surface area (Å²) >= 11 is 0. The highest BCUT2D eigenvalue weighted by Gasteiger charge is 2.13.